The minimum atomic E-state index is -2.81. The summed E-state index contributed by atoms with van der Waals surface area (Å²) in [6, 6.07) is 8.65. The van der Waals surface area contributed by atoms with E-state index in [4.69, 9.17) is 0 Å². The van der Waals surface area contributed by atoms with Crippen molar-refractivity contribution < 1.29 is 8.42 Å². The molecule has 118 valence electrons. The summed E-state index contributed by atoms with van der Waals surface area (Å²) in [5, 5.41) is 3.35. The smallest absolute Gasteiger partial charge is 0.151 e. The first-order valence-corrected chi connectivity index (χ1v) is 9.87. The molecule has 2 atom stereocenters. The predicted molar refractivity (Wildman–Crippen MR) is 90.2 cm³/mol. The maximum atomic E-state index is 11.6. The van der Waals surface area contributed by atoms with Gasteiger partial charge >= 0.3 is 0 Å². The first-order valence-electron chi connectivity index (χ1n) is 7.25. The summed E-state index contributed by atoms with van der Waals surface area (Å²) in [7, 11) is 1.18. The second-order valence-corrected chi connectivity index (χ2v) is 8.77. The van der Waals surface area contributed by atoms with Crippen LogP contribution in [-0.4, -0.2) is 51.5 Å². The Morgan fingerprint density at radius 2 is 2.14 bits per heavy atom. The molecule has 0 spiro atoms. The summed E-state index contributed by atoms with van der Waals surface area (Å²) in [5.74, 6) is 0.643. The number of rotatable bonds is 6. The van der Waals surface area contributed by atoms with Crippen LogP contribution < -0.4 is 5.32 Å². The zero-order valence-electron chi connectivity index (χ0n) is 12.5. The van der Waals surface area contributed by atoms with E-state index in [2.05, 4.69) is 32.2 Å². The van der Waals surface area contributed by atoms with Gasteiger partial charge in [0.05, 0.1) is 11.5 Å². The van der Waals surface area contributed by atoms with Crippen molar-refractivity contribution in [3.05, 3.63) is 34.3 Å². The highest BCUT2D eigenvalue weighted by Crippen LogP contribution is 2.26. The number of nitrogens with zero attached hydrogens (tertiary/aromatic N) is 1. The summed E-state index contributed by atoms with van der Waals surface area (Å²) < 4.78 is 24.2. The molecule has 0 saturated carbocycles. The molecule has 1 aromatic carbocycles. The molecule has 1 aromatic rings. The van der Waals surface area contributed by atoms with Crippen molar-refractivity contribution in [2.75, 3.05) is 32.1 Å². The molecule has 4 nitrogen and oxygen atoms in total. The first kappa shape index (κ1) is 16.9. The lowest BCUT2D eigenvalue weighted by atomic mass is 10.0. The maximum absolute atomic E-state index is 11.6. The van der Waals surface area contributed by atoms with Gasteiger partial charge in [-0.15, -0.1) is 0 Å². The molecule has 0 amide bonds. The Kier molecular flexibility index (Phi) is 5.82. The van der Waals surface area contributed by atoms with Gasteiger partial charge in [-0.05, 0) is 45.1 Å². The molecule has 1 heterocycles. The SMILES string of the molecule is CNC(CCN(C)C1CCS(=O)(=O)C1)c1ccccc1Br. The second kappa shape index (κ2) is 7.22. The minimum Gasteiger partial charge on any atom is -0.313 e. The monoisotopic (exact) mass is 374 g/mol. The summed E-state index contributed by atoms with van der Waals surface area (Å²) in [6.07, 6.45) is 1.71. The molecule has 1 N–H and O–H groups in total. The van der Waals surface area contributed by atoms with Gasteiger partial charge in [-0.2, -0.15) is 0 Å². The quantitative estimate of drug-likeness (QED) is 0.829. The van der Waals surface area contributed by atoms with E-state index in [1.807, 2.05) is 32.3 Å². The highest BCUT2D eigenvalue weighted by atomic mass is 79.9. The Bertz CT molecular complexity index is 577. The summed E-state index contributed by atoms with van der Waals surface area (Å²) in [5.41, 5.74) is 1.24. The predicted octanol–water partition coefficient (Wildman–Crippen LogP) is 2.22. The minimum absolute atomic E-state index is 0.173. The molecule has 1 aliphatic rings. The normalized spacial score (nSPS) is 22.6. The van der Waals surface area contributed by atoms with E-state index < -0.39 is 9.84 Å². The highest BCUT2D eigenvalue weighted by Gasteiger charge is 2.30. The van der Waals surface area contributed by atoms with Crippen LogP contribution in [0.2, 0.25) is 0 Å². The van der Waals surface area contributed by atoms with Crippen molar-refractivity contribution >= 4 is 25.8 Å². The molecule has 21 heavy (non-hydrogen) atoms. The topological polar surface area (TPSA) is 49.4 Å². The molecule has 1 fully saturated rings. The Morgan fingerprint density at radius 3 is 2.71 bits per heavy atom. The van der Waals surface area contributed by atoms with Gasteiger partial charge in [-0.1, -0.05) is 34.1 Å². The molecule has 0 radical (unpaired) electrons. The second-order valence-electron chi connectivity index (χ2n) is 5.69. The van der Waals surface area contributed by atoms with Crippen LogP contribution in [0.1, 0.15) is 24.4 Å². The lowest BCUT2D eigenvalue weighted by molar-refractivity contribution is 0.248. The van der Waals surface area contributed by atoms with E-state index in [0.29, 0.717) is 11.5 Å². The van der Waals surface area contributed by atoms with Gasteiger partial charge in [0.2, 0.25) is 0 Å². The number of sulfone groups is 1. The van der Waals surface area contributed by atoms with Gasteiger partial charge < -0.3 is 10.2 Å². The van der Waals surface area contributed by atoms with Gasteiger partial charge in [0.15, 0.2) is 9.84 Å². The summed E-state index contributed by atoms with van der Waals surface area (Å²) in [4.78, 5) is 2.19. The van der Waals surface area contributed by atoms with Crippen LogP contribution >= 0.6 is 15.9 Å². The fraction of sp³-hybridized carbons (Fsp3) is 0.600. The van der Waals surface area contributed by atoms with Crippen molar-refractivity contribution in [3.63, 3.8) is 0 Å². The molecular weight excluding hydrogens is 352 g/mol. The molecule has 2 unspecified atom stereocenters. The van der Waals surface area contributed by atoms with E-state index >= 15 is 0 Å². The van der Waals surface area contributed by atoms with Crippen molar-refractivity contribution in [1.82, 2.24) is 10.2 Å². The molecule has 6 heteroatoms. The first-order chi connectivity index (χ1) is 9.93. The third-order valence-corrected chi connectivity index (χ3v) is 6.70. The fourth-order valence-electron chi connectivity index (χ4n) is 2.85. The van der Waals surface area contributed by atoms with Crippen LogP contribution in [0.25, 0.3) is 0 Å². The van der Waals surface area contributed by atoms with Crippen molar-refractivity contribution in [2.24, 2.45) is 0 Å². The van der Waals surface area contributed by atoms with E-state index in [1.54, 1.807) is 0 Å². The third kappa shape index (κ3) is 4.52. The fourth-order valence-corrected chi connectivity index (χ4v) is 5.22. The largest absolute Gasteiger partial charge is 0.313 e. The van der Waals surface area contributed by atoms with Crippen molar-refractivity contribution in [1.29, 1.82) is 0 Å². The Balaban J connectivity index is 1.93. The van der Waals surface area contributed by atoms with Crippen LogP contribution in [0.15, 0.2) is 28.7 Å². The van der Waals surface area contributed by atoms with Gasteiger partial charge in [-0.3, -0.25) is 0 Å². The third-order valence-electron chi connectivity index (χ3n) is 4.23. The number of halogens is 1. The average Bonchev–Trinajstić information content (AvgIpc) is 2.81. The van der Waals surface area contributed by atoms with Gasteiger partial charge in [0.25, 0.3) is 0 Å². The number of hydrogen-bond donors (Lipinski definition) is 1. The average molecular weight is 375 g/mol. The molecule has 2 rings (SSSR count). The summed E-state index contributed by atoms with van der Waals surface area (Å²) in [6.45, 7) is 0.882. The van der Waals surface area contributed by atoms with Crippen LogP contribution in [0.5, 0.6) is 0 Å². The Morgan fingerprint density at radius 1 is 1.43 bits per heavy atom. The summed E-state index contributed by atoms with van der Waals surface area (Å²) >= 11 is 3.59. The van der Waals surface area contributed by atoms with Gasteiger partial charge in [0.1, 0.15) is 0 Å². The zero-order valence-corrected chi connectivity index (χ0v) is 15.0. The van der Waals surface area contributed by atoms with Crippen LogP contribution in [-0.2, 0) is 9.84 Å². The molecular formula is C15H23BrN2O2S. The molecule has 1 aliphatic heterocycles. The number of nitrogens with one attached hydrogen (secondary N) is 1. The zero-order chi connectivity index (χ0) is 15.5. The maximum Gasteiger partial charge on any atom is 0.151 e. The van der Waals surface area contributed by atoms with E-state index in [1.165, 1.54) is 5.56 Å². The van der Waals surface area contributed by atoms with Crippen LogP contribution in [0.3, 0.4) is 0 Å². The van der Waals surface area contributed by atoms with E-state index in [-0.39, 0.29) is 12.1 Å². The van der Waals surface area contributed by atoms with Crippen LogP contribution in [0.4, 0.5) is 0 Å². The van der Waals surface area contributed by atoms with Crippen LogP contribution in [0, 0.1) is 0 Å². The Hall–Kier alpha value is -0.430. The van der Waals surface area contributed by atoms with Crippen molar-refractivity contribution in [2.45, 2.75) is 24.9 Å². The van der Waals surface area contributed by atoms with Gasteiger partial charge in [-0.25, -0.2) is 8.42 Å². The molecule has 0 aliphatic carbocycles. The number of hydrogen-bond acceptors (Lipinski definition) is 4. The van der Waals surface area contributed by atoms with Gasteiger partial charge in [0, 0.05) is 16.6 Å². The molecule has 1 saturated heterocycles. The lowest BCUT2D eigenvalue weighted by Crippen LogP contribution is -2.35. The molecule has 0 bridgehead atoms. The standard InChI is InChI=1S/C15H23BrN2O2S/c1-17-15(13-5-3-4-6-14(13)16)7-9-18(2)12-8-10-21(19,20)11-12/h3-6,12,15,17H,7-11H2,1-2H3. The van der Waals surface area contributed by atoms with E-state index in [9.17, 15) is 8.42 Å². The lowest BCUT2D eigenvalue weighted by Gasteiger charge is -2.26. The number of benzene rings is 1. The van der Waals surface area contributed by atoms with Crippen molar-refractivity contribution in [3.8, 4) is 0 Å². The Labute approximate surface area is 136 Å². The molecule has 0 aromatic heterocycles. The highest BCUT2D eigenvalue weighted by molar-refractivity contribution is 9.10. The van der Waals surface area contributed by atoms with E-state index in [0.717, 1.165) is 23.9 Å².